The van der Waals surface area contributed by atoms with E-state index in [2.05, 4.69) is 5.16 Å². The topological polar surface area (TPSA) is 72.3 Å². The van der Waals surface area contributed by atoms with Crippen LogP contribution in [-0.4, -0.2) is 10.3 Å². The number of phenols is 1. The summed E-state index contributed by atoms with van der Waals surface area (Å²) in [5.74, 6) is 1.46. The van der Waals surface area contributed by atoms with E-state index in [4.69, 9.17) is 10.3 Å². The Balaban J connectivity index is 2.56. The molecule has 0 bridgehead atoms. The summed E-state index contributed by atoms with van der Waals surface area (Å²) >= 11 is 0. The Morgan fingerprint density at radius 1 is 1.38 bits per heavy atom. The van der Waals surface area contributed by atoms with Crippen molar-refractivity contribution in [3.63, 3.8) is 0 Å². The van der Waals surface area contributed by atoms with Crippen LogP contribution >= 0.6 is 0 Å². The van der Waals surface area contributed by atoms with Crippen molar-refractivity contribution in [2.45, 2.75) is 19.8 Å². The third-order valence-electron chi connectivity index (χ3n) is 2.44. The summed E-state index contributed by atoms with van der Waals surface area (Å²) < 4.78 is 5.21. The second-order valence-electron chi connectivity index (χ2n) is 4.02. The highest BCUT2D eigenvalue weighted by atomic mass is 16.5. The van der Waals surface area contributed by atoms with Crippen molar-refractivity contribution >= 4 is 5.82 Å². The largest absolute Gasteiger partial charge is 0.508 e. The Labute approximate surface area is 93.7 Å². The molecular weight excluding hydrogens is 204 g/mol. The molecule has 1 aromatic heterocycles. The highest BCUT2D eigenvalue weighted by Gasteiger charge is 2.18. The summed E-state index contributed by atoms with van der Waals surface area (Å²) in [5, 5.41) is 13.2. The normalized spacial score (nSPS) is 10.9. The summed E-state index contributed by atoms with van der Waals surface area (Å²) in [6.45, 7) is 4.05. The van der Waals surface area contributed by atoms with Gasteiger partial charge in [0.15, 0.2) is 11.6 Å². The van der Waals surface area contributed by atoms with Gasteiger partial charge in [0.2, 0.25) is 0 Å². The van der Waals surface area contributed by atoms with E-state index in [1.165, 1.54) is 0 Å². The lowest BCUT2D eigenvalue weighted by Gasteiger charge is -2.05. The van der Waals surface area contributed by atoms with Crippen LogP contribution in [0.5, 0.6) is 5.75 Å². The highest BCUT2D eigenvalue weighted by Crippen LogP contribution is 2.34. The molecule has 0 aliphatic rings. The molecular formula is C12H14N2O2. The second-order valence-corrected chi connectivity index (χ2v) is 4.02. The van der Waals surface area contributed by atoms with Crippen molar-refractivity contribution in [2.75, 3.05) is 5.73 Å². The molecule has 0 amide bonds. The molecule has 0 spiro atoms. The molecule has 4 nitrogen and oxygen atoms in total. The van der Waals surface area contributed by atoms with Crippen LogP contribution in [-0.2, 0) is 0 Å². The molecule has 4 heteroatoms. The zero-order chi connectivity index (χ0) is 11.7. The summed E-state index contributed by atoms with van der Waals surface area (Å²) in [6.07, 6.45) is 0. The molecule has 2 rings (SSSR count). The van der Waals surface area contributed by atoms with Gasteiger partial charge in [-0.25, -0.2) is 0 Å². The maximum absolute atomic E-state index is 9.42. The van der Waals surface area contributed by atoms with Crippen molar-refractivity contribution in [3.05, 3.63) is 29.8 Å². The summed E-state index contributed by atoms with van der Waals surface area (Å²) in [5.41, 5.74) is 7.42. The Kier molecular flexibility index (Phi) is 2.56. The first-order valence-corrected chi connectivity index (χ1v) is 5.14. The maximum atomic E-state index is 9.42. The van der Waals surface area contributed by atoms with Gasteiger partial charge in [-0.1, -0.05) is 31.1 Å². The fraction of sp³-hybridized carbons (Fsp3) is 0.250. The summed E-state index contributed by atoms with van der Waals surface area (Å²) in [4.78, 5) is 0. The lowest BCUT2D eigenvalue weighted by atomic mass is 9.99. The maximum Gasteiger partial charge on any atom is 0.172 e. The van der Waals surface area contributed by atoms with E-state index in [1.54, 1.807) is 18.2 Å². The zero-order valence-electron chi connectivity index (χ0n) is 9.27. The third kappa shape index (κ3) is 1.74. The molecule has 0 fully saturated rings. The van der Waals surface area contributed by atoms with E-state index in [0.29, 0.717) is 11.6 Å². The van der Waals surface area contributed by atoms with Crippen LogP contribution in [0.4, 0.5) is 5.82 Å². The van der Waals surface area contributed by atoms with Crippen molar-refractivity contribution in [2.24, 2.45) is 0 Å². The first-order chi connectivity index (χ1) is 7.59. The molecule has 1 heterocycles. The highest BCUT2D eigenvalue weighted by molar-refractivity contribution is 5.68. The average Bonchev–Trinajstić information content (AvgIpc) is 2.60. The Morgan fingerprint density at radius 2 is 2.12 bits per heavy atom. The lowest BCUT2D eigenvalue weighted by molar-refractivity contribution is 0.433. The van der Waals surface area contributed by atoms with Gasteiger partial charge in [0.25, 0.3) is 0 Å². The molecule has 2 aromatic rings. The Morgan fingerprint density at radius 3 is 2.75 bits per heavy atom. The summed E-state index contributed by atoms with van der Waals surface area (Å²) in [6, 6.07) is 6.85. The molecule has 0 saturated carbocycles. The minimum atomic E-state index is 0.196. The number of phenolic OH excluding ortho intramolecular Hbond substituents is 1. The van der Waals surface area contributed by atoms with E-state index < -0.39 is 0 Å². The van der Waals surface area contributed by atoms with Crippen LogP contribution in [0.3, 0.4) is 0 Å². The van der Waals surface area contributed by atoms with Crippen molar-refractivity contribution in [1.29, 1.82) is 0 Å². The van der Waals surface area contributed by atoms with E-state index in [-0.39, 0.29) is 11.7 Å². The van der Waals surface area contributed by atoms with Crippen LogP contribution in [0, 0.1) is 0 Å². The number of aromatic hydroxyl groups is 1. The van der Waals surface area contributed by atoms with Crippen LogP contribution < -0.4 is 5.73 Å². The van der Waals surface area contributed by atoms with Crippen LogP contribution in [0.1, 0.15) is 25.3 Å². The first kappa shape index (κ1) is 10.5. The predicted molar refractivity (Wildman–Crippen MR) is 62.1 cm³/mol. The molecule has 0 aliphatic carbocycles. The number of nitrogens with zero attached hydrogens (tertiary/aromatic N) is 1. The fourth-order valence-electron chi connectivity index (χ4n) is 1.72. The zero-order valence-corrected chi connectivity index (χ0v) is 9.27. The molecule has 3 N–H and O–H groups in total. The van der Waals surface area contributed by atoms with Crippen LogP contribution in [0.2, 0.25) is 0 Å². The SMILES string of the molecule is CC(C)c1c(N)noc1-c1cccc(O)c1. The molecule has 0 radical (unpaired) electrons. The summed E-state index contributed by atoms with van der Waals surface area (Å²) in [7, 11) is 0. The number of hydrogen-bond acceptors (Lipinski definition) is 4. The van der Waals surface area contributed by atoms with Crippen molar-refractivity contribution in [1.82, 2.24) is 5.16 Å². The number of nitrogens with two attached hydrogens (primary N) is 1. The number of benzene rings is 1. The van der Waals surface area contributed by atoms with Crippen molar-refractivity contribution in [3.8, 4) is 17.1 Å². The Hall–Kier alpha value is -1.97. The molecule has 0 saturated heterocycles. The predicted octanol–water partition coefficient (Wildman–Crippen LogP) is 2.75. The van der Waals surface area contributed by atoms with Gasteiger partial charge in [-0.2, -0.15) is 0 Å². The molecule has 0 unspecified atom stereocenters. The van der Waals surface area contributed by atoms with E-state index in [0.717, 1.165) is 11.1 Å². The van der Waals surface area contributed by atoms with Gasteiger partial charge in [0.1, 0.15) is 5.75 Å². The van der Waals surface area contributed by atoms with E-state index in [1.807, 2.05) is 19.9 Å². The minimum Gasteiger partial charge on any atom is -0.508 e. The van der Waals surface area contributed by atoms with Gasteiger partial charge >= 0.3 is 0 Å². The van der Waals surface area contributed by atoms with Gasteiger partial charge in [0, 0.05) is 11.1 Å². The third-order valence-corrected chi connectivity index (χ3v) is 2.44. The fourth-order valence-corrected chi connectivity index (χ4v) is 1.72. The van der Waals surface area contributed by atoms with E-state index in [9.17, 15) is 5.11 Å². The molecule has 16 heavy (non-hydrogen) atoms. The first-order valence-electron chi connectivity index (χ1n) is 5.14. The van der Waals surface area contributed by atoms with E-state index >= 15 is 0 Å². The second kappa shape index (κ2) is 3.89. The van der Waals surface area contributed by atoms with Gasteiger partial charge in [-0.05, 0) is 18.1 Å². The monoisotopic (exact) mass is 218 g/mol. The molecule has 84 valence electrons. The molecule has 0 aliphatic heterocycles. The lowest BCUT2D eigenvalue weighted by Crippen LogP contribution is -1.95. The van der Waals surface area contributed by atoms with Gasteiger partial charge in [-0.15, -0.1) is 0 Å². The quantitative estimate of drug-likeness (QED) is 0.812. The number of aromatic nitrogens is 1. The number of anilines is 1. The number of rotatable bonds is 2. The minimum absolute atomic E-state index is 0.196. The van der Waals surface area contributed by atoms with Crippen LogP contribution in [0.15, 0.2) is 28.8 Å². The van der Waals surface area contributed by atoms with Crippen LogP contribution in [0.25, 0.3) is 11.3 Å². The smallest absolute Gasteiger partial charge is 0.172 e. The molecule has 0 atom stereocenters. The average molecular weight is 218 g/mol. The Bertz CT molecular complexity index is 503. The standard InChI is InChI=1S/C12H14N2O2/c1-7(2)10-11(16-14-12(10)13)8-4-3-5-9(15)6-8/h3-7,15H,1-2H3,(H2,13,14). The van der Waals surface area contributed by atoms with Gasteiger partial charge < -0.3 is 15.4 Å². The van der Waals surface area contributed by atoms with Gasteiger partial charge in [0.05, 0.1) is 0 Å². The van der Waals surface area contributed by atoms with Crippen molar-refractivity contribution < 1.29 is 9.63 Å². The molecule has 1 aromatic carbocycles. The number of hydrogen-bond donors (Lipinski definition) is 2. The number of nitrogen functional groups attached to an aromatic ring is 1. The van der Waals surface area contributed by atoms with Gasteiger partial charge in [-0.3, -0.25) is 0 Å².